The second kappa shape index (κ2) is 7.34. The number of ether oxygens (including phenoxy) is 1. The Morgan fingerprint density at radius 1 is 1.15 bits per heavy atom. The first-order valence-corrected chi connectivity index (χ1v) is 8.77. The van der Waals surface area contributed by atoms with Crippen LogP contribution < -0.4 is 0 Å². The van der Waals surface area contributed by atoms with Gasteiger partial charge in [-0.25, -0.2) is 4.79 Å². The van der Waals surface area contributed by atoms with E-state index in [2.05, 4.69) is 4.98 Å². The van der Waals surface area contributed by atoms with Crippen molar-refractivity contribution in [2.75, 3.05) is 0 Å². The highest BCUT2D eigenvalue weighted by Gasteiger charge is 2.32. The van der Waals surface area contributed by atoms with Gasteiger partial charge in [-0.05, 0) is 49.1 Å². The number of H-pyrrole nitrogens is 1. The first kappa shape index (κ1) is 18.2. The van der Waals surface area contributed by atoms with E-state index in [1.807, 2.05) is 36.5 Å². The predicted octanol–water partition coefficient (Wildman–Crippen LogP) is 4.96. The molecule has 0 aliphatic carbocycles. The van der Waals surface area contributed by atoms with E-state index in [4.69, 9.17) is 16.3 Å². The molecule has 4 nitrogen and oxygen atoms in total. The summed E-state index contributed by atoms with van der Waals surface area (Å²) >= 11 is 6.24. The molecule has 0 radical (unpaired) electrons. The molecule has 5 heteroatoms. The summed E-state index contributed by atoms with van der Waals surface area (Å²) < 4.78 is 5.79. The van der Waals surface area contributed by atoms with Crippen LogP contribution in [0.2, 0.25) is 5.02 Å². The van der Waals surface area contributed by atoms with E-state index in [0.29, 0.717) is 17.0 Å². The number of halogens is 1. The fourth-order valence-electron chi connectivity index (χ4n) is 3.16. The summed E-state index contributed by atoms with van der Waals surface area (Å²) in [7, 11) is 0. The maximum atomic E-state index is 12.7. The number of aromatic nitrogens is 1. The highest BCUT2D eigenvalue weighted by molar-refractivity contribution is 6.31. The van der Waals surface area contributed by atoms with Gasteiger partial charge < -0.3 is 9.72 Å². The molecule has 1 N–H and O–H groups in total. The Balaban J connectivity index is 1.85. The lowest BCUT2D eigenvalue weighted by Crippen LogP contribution is -2.36. The number of carbonyl (C=O) groups excluding carboxylic acids is 2. The number of nitrogens with one attached hydrogen (secondary N) is 1. The number of esters is 1. The molecular weight excluding hydrogens is 350 g/mol. The Labute approximate surface area is 157 Å². The molecule has 0 aliphatic rings. The number of aromatic amines is 1. The van der Waals surface area contributed by atoms with Gasteiger partial charge in [0.25, 0.3) is 0 Å². The minimum Gasteiger partial charge on any atom is -0.455 e. The molecule has 0 amide bonds. The van der Waals surface area contributed by atoms with Gasteiger partial charge in [-0.3, -0.25) is 4.79 Å². The number of benzene rings is 2. The van der Waals surface area contributed by atoms with Crippen molar-refractivity contribution >= 4 is 34.3 Å². The van der Waals surface area contributed by atoms with E-state index in [1.54, 1.807) is 25.1 Å². The summed E-state index contributed by atoms with van der Waals surface area (Å²) in [6.07, 6.45) is 2.30. The van der Waals surface area contributed by atoms with Crippen molar-refractivity contribution in [2.24, 2.45) is 0 Å². The zero-order valence-electron chi connectivity index (χ0n) is 14.7. The first-order chi connectivity index (χ1) is 12.4. The summed E-state index contributed by atoms with van der Waals surface area (Å²) in [4.78, 5) is 27.5. The van der Waals surface area contributed by atoms with Crippen molar-refractivity contribution in [3.8, 4) is 0 Å². The highest BCUT2D eigenvalue weighted by atomic mass is 35.5. The third-order valence-corrected chi connectivity index (χ3v) is 4.64. The van der Waals surface area contributed by atoms with Crippen LogP contribution in [0.1, 0.15) is 36.2 Å². The number of fused-ring (bicyclic) bond motifs is 1. The lowest BCUT2D eigenvalue weighted by Gasteiger charge is -2.29. The van der Waals surface area contributed by atoms with Gasteiger partial charge in [0, 0.05) is 29.6 Å². The van der Waals surface area contributed by atoms with Crippen molar-refractivity contribution in [3.63, 3.8) is 0 Å². The van der Waals surface area contributed by atoms with Crippen molar-refractivity contribution in [2.45, 2.75) is 32.3 Å². The van der Waals surface area contributed by atoms with Crippen LogP contribution in [-0.2, 0) is 16.0 Å². The van der Waals surface area contributed by atoms with E-state index in [-0.39, 0.29) is 12.2 Å². The van der Waals surface area contributed by atoms with Gasteiger partial charge in [0.1, 0.15) is 11.4 Å². The zero-order chi connectivity index (χ0) is 18.7. The number of hydrogen-bond donors (Lipinski definition) is 1. The smallest absolute Gasteiger partial charge is 0.338 e. The first-order valence-electron chi connectivity index (χ1n) is 8.40. The van der Waals surface area contributed by atoms with Gasteiger partial charge in [0.05, 0.1) is 5.56 Å². The van der Waals surface area contributed by atoms with Crippen LogP contribution in [0.25, 0.3) is 10.9 Å². The average Bonchev–Trinajstić information content (AvgIpc) is 3.03. The number of Topliss-reactive ketones (excluding diaryl/α,β-unsaturated/α-hetero) is 1. The Morgan fingerprint density at radius 3 is 2.65 bits per heavy atom. The van der Waals surface area contributed by atoms with E-state index in [1.165, 1.54) is 6.92 Å². The van der Waals surface area contributed by atoms with Crippen LogP contribution in [0.5, 0.6) is 0 Å². The second-order valence-corrected chi connectivity index (χ2v) is 7.17. The molecule has 0 saturated carbocycles. The van der Waals surface area contributed by atoms with E-state index < -0.39 is 11.6 Å². The fraction of sp³-hybridized carbons (Fsp3) is 0.238. The van der Waals surface area contributed by atoms with Crippen LogP contribution in [0.15, 0.2) is 54.7 Å². The van der Waals surface area contributed by atoms with Crippen LogP contribution in [0.3, 0.4) is 0 Å². The van der Waals surface area contributed by atoms with Gasteiger partial charge in [0.15, 0.2) is 0 Å². The van der Waals surface area contributed by atoms with E-state index in [0.717, 1.165) is 16.5 Å². The molecule has 1 aromatic heterocycles. The van der Waals surface area contributed by atoms with Crippen LogP contribution in [-0.4, -0.2) is 22.3 Å². The van der Waals surface area contributed by atoms with Crippen molar-refractivity contribution < 1.29 is 14.3 Å². The molecule has 0 spiro atoms. The highest BCUT2D eigenvalue weighted by Crippen LogP contribution is 2.28. The average molecular weight is 370 g/mol. The third-order valence-electron chi connectivity index (χ3n) is 4.27. The number of hydrogen-bond acceptors (Lipinski definition) is 3. The van der Waals surface area contributed by atoms with Gasteiger partial charge in [-0.2, -0.15) is 0 Å². The second-order valence-electron chi connectivity index (χ2n) is 6.77. The molecule has 0 fully saturated rings. The summed E-state index contributed by atoms with van der Waals surface area (Å²) in [5.74, 6) is -0.510. The molecule has 0 saturated heterocycles. The van der Waals surface area contributed by atoms with Gasteiger partial charge in [-0.1, -0.05) is 35.9 Å². The Kier molecular flexibility index (Phi) is 5.14. The molecule has 134 valence electrons. The van der Waals surface area contributed by atoms with E-state index >= 15 is 0 Å². The lowest BCUT2D eigenvalue weighted by molar-refractivity contribution is -0.121. The monoisotopic (exact) mass is 369 g/mol. The molecule has 3 rings (SSSR count). The fourth-order valence-corrected chi connectivity index (χ4v) is 3.37. The van der Waals surface area contributed by atoms with Crippen LogP contribution in [0, 0.1) is 0 Å². The lowest BCUT2D eigenvalue weighted by atomic mass is 9.91. The molecule has 2 aromatic carbocycles. The Hall–Kier alpha value is -2.59. The molecule has 1 unspecified atom stereocenters. The zero-order valence-corrected chi connectivity index (χ0v) is 15.5. The van der Waals surface area contributed by atoms with Crippen LogP contribution in [0.4, 0.5) is 0 Å². The molecule has 1 heterocycles. The largest absolute Gasteiger partial charge is 0.455 e. The minimum absolute atomic E-state index is 0.0489. The maximum Gasteiger partial charge on any atom is 0.338 e. The maximum absolute atomic E-state index is 12.7. The standard InChI is InChI=1S/C21H20ClNO3/c1-14(24)12-21(2,13-17-5-3-4-6-18(17)22)26-20(25)16-8-7-15-9-10-23-19(15)11-16/h3-11,23H,12-13H2,1-2H3. The van der Waals surface area contributed by atoms with Crippen LogP contribution >= 0.6 is 11.6 Å². The molecular formula is C21H20ClNO3. The topological polar surface area (TPSA) is 59.2 Å². The van der Waals surface area contributed by atoms with Crippen molar-refractivity contribution in [1.29, 1.82) is 0 Å². The van der Waals surface area contributed by atoms with Gasteiger partial charge in [0.2, 0.25) is 0 Å². The normalized spacial score (nSPS) is 13.3. The summed E-state index contributed by atoms with van der Waals surface area (Å²) in [6, 6.07) is 14.6. The molecule has 3 aromatic rings. The Bertz CT molecular complexity index is 963. The SMILES string of the molecule is CC(=O)CC(C)(Cc1ccccc1Cl)OC(=O)c1ccc2cc[nH]c2c1. The van der Waals surface area contributed by atoms with Gasteiger partial charge >= 0.3 is 5.97 Å². The summed E-state index contributed by atoms with van der Waals surface area (Å²) in [6.45, 7) is 3.26. The van der Waals surface area contributed by atoms with Crippen molar-refractivity contribution in [1.82, 2.24) is 4.98 Å². The quantitative estimate of drug-likeness (QED) is 0.625. The Morgan fingerprint density at radius 2 is 1.92 bits per heavy atom. The summed E-state index contributed by atoms with van der Waals surface area (Å²) in [5.41, 5.74) is 1.16. The third kappa shape index (κ3) is 4.14. The van der Waals surface area contributed by atoms with Gasteiger partial charge in [-0.15, -0.1) is 0 Å². The molecule has 26 heavy (non-hydrogen) atoms. The van der Waals surface area contributed by atoms with E-state index in [9.17, 15) is 9.59 Å². The number of rotatable bonds is 6. The molecule has 0 bridgehead atoms. The molecule has 1 atom stereocenters. The minimum atomic E-state index is -0.974. The predicted molar refractivity (Wildman–Crippen MR) is 103 cm³/mol. The summed E-state index contributed by atoms with van der Waals surface area (Å²) in [5, 5.41) is 1.61. The number of ketones is 1. The molecule has 0 aliphatic heterocycles. The van der Waals surface area contributed by atoms with Crippen molar-refractivity contribution in [3.05, 3.63) is 70.9 Å². The number of carbonyl (C=O) groups is 2.